The van der Waals surface area contributed by atoms with Gasteiger partial charge >= 0.3 is 6.18 Å². The van der Waals surface area contributed by atoms with Gasteiger partial charge < -0.3 is 15.5 Å². The average molecular weight is 585 g/mol. The number of hydrogen-bond acceptors (Lipinski definition) is 4. The predicted octanol–water partition coefficient (Wildman–Crippen LogP) is 5.23. The lowest BCUT2D eigenvalue weighted by atomic mass is 9.93. The minimum absolute atomic E-state index is 0.00370. The molecule has 39 heavy (non-hydrogen) atoms. The number of nitrogens with one attached hydrogen (secondary N) is 2. The number of nitrogens with zero attached hydrogens (tertiary/aromatic N) is 2. The van der Waals surface area contributed by atoms with E-state index in [2.05, 4.69) is 20.4 Å². The Labute approximate surface area is 236 Å². The number of benzene rings is 2. The molecule has 0 saturated carbocycles. The van der Waals surface area contributed by atoms with Crippen LogP contribution < -0.4 is 10.6 Å². The molecule has 0 aromatic heterocycles. The molecule has 0 unspecified atom stereocenters. The van der Waals surface area contributed by atoms with Crippen LogP contribution in [0.25, 0.3) is 0 Å². The molecule has 2 aliphatic rings. The summed E-state index contributed by atoms with van der Waals surface area (Å²) in [4.78, 5) is 29.3. The Bertz CT molecular complexity index is 1160. The van der Waals surface area contributed by atoms with Gasteiger partial charge in [-0.3, -0.25) is 14.5 Å². The first-order chi connectivity index (χ1) is 18.6. The maximum absolute atomic E-state index is 12.9. The van der Waals surface area contributed by atoms with Gasteiger partial charge in [0.25, 0.3) is 5.91 Å². The van der Waals surface area contributed by atoms with Crippen molar-refractivity contribution in [3.63, 3.8) is 0 Å². The van der Waals surface area contributed by atoms with E-state index in [4.69, 9.17) is 23.2 Å². The van der Waals surface area contributed by atoms with Crippen LogP contribution in [0.2, 0.25) is 10.0 Å². The summed E-state index contributed by atoms with van der Waals surface area (Å²) in [6.45, 7) is 5.33. The van der Waals surface area contributed by atoms with Gasteiger partial charge in [0, 0.05) is 31.2 Å². The Morgan fingerprint density at radius 3 is 2.41 bits per heavy atom. The third-order valence-corrected chi connectivity index (χ3v) is 8.19. The molecular weight excluding hydrogens is 552 g/mol. The summed E-state index contributed by atoms with van der Waals surface area (Å²) in [6.07, 6.45) is -0.280. The van der Waals surface area contributed by atoms with Gasteiger partial charge in [-0.15, -0.1) is 0 Å². The van der Waals surface area contributed by atoms with Crippen LogP contribution in [0.15, 0.2) is 42.5 Å². The van der Waals surface area contributed by atoms with Crippen LogP contribution in [0.3, 0.4) is 0 Å². The van der Waals surface area contributed by atoms with Crippen LogP contribution in [0.4, 0.5) is 13.2 Å². The summed E-state index contributed by atoms with van der Waals surface area (Å²) >= 11 is 12.2. The van der Waals surface area contributed by atoms with Crippen LogP contribution in [0.5, 0.6) is 0 Å². The van der Waals surface area contributed by atoms with Gasteiger partial charge in [-0.1, -0.05) is 35.3 Å². The van der Waals surface area contributed by atoms with E-state index in [1.807, 2.05) is 18.2 Å². The Kier molecular flexibility index (Phi) is 10.1. The van der Waals surface area contributed by atoms with E-state index in [0.29, 0.717) is 16.0 Å². The number of halogens is 5. The lowest BCUT2D eigenvalue weighted by Crippen LogP contribution is -2.43. The molecule has 2 heterocycles. The van der Waals surface area contributed by atoms with Gasteiger partial charge in [-0.2, -0.15) is 13.2 Å². The Hall–Kier alpha value is -2.33. The van der Waals surface area contributed by atoms with Gasteiger partial charge in [0.1, 0.15) is 0 Å². The number of carbonyl (C=O) groups is 2. The summed E-state index contributed by atoms with van der Waals surface area (Å²) in [7, 11) is 0. The van der Waals surface area contributed by atoms with Crippen molar-refractivity contribution in [1.82, 2.24) is 20.4 Å². The second-order valence-corrected chi connectivity index (χ2v) is 11.2. The summed E-state index contributed by atoms with van der Waals surface area (Å²) in [5.41, 5.74) is 0.132. The molecular formula is C28H33Cl2F3N4O2. The maximum atomic E-state index is 12.9. The lowest BCUT2D eigenvalue weighted by molar-refractivity contribution is -0.137. The second kappa shape index (κ2) is 13.4. The Balaban J connectivity index is 1.11. The van der Waals surface area contributed by atoms with E-state index in [1.54, 1.807) is 0 Å². The van der Waals surface area contributed by atoms with Crippen LogP contribution in [-0.2, 0) is 17.5 Å². The van der Waals surface area contributed by atoms with Gasteiger partial charge in [0.2, 0.25) is 5.91 Å². The van der Waals surface area contributed by atoms with E-state index in [9.17, 15) is 22.8 Å². The standard InChI is InChI=1S/C28H33Cl2F3N4O2/c29-24-5-4-20(14-25(24)30)17-36-10-6-19(7-11-36)8-12-37-13-9-23(18-37)35-26(38)16-34-27(39)21-2-1-3-22(15-21)28(31,32)33/h1-5,14-15,19,23H,6-13,16-18H2,(H,34,39)(H,35,38)/t23-/m1/s1. The topological polar surface area (TPSA) is 64.7 Å². The number of hydrogen-bond donors (Lipinski definition) is 2. The molecule has 0 radical (unpaired) electrons. The van der Waals surface area contributed by atoms with Crippen molar-refractivity contribution < 1.29 is 22.8 Å². The van der Waals surface area contributed by atoms with Crippen LogP contribution in [0.1, 0.15) is 47.2 Å². The molecule has 2 amide bonds. The predicted molar refractivity (Wildman–Crippen MR) is 146 cm³/mol. The molecule has 2 N–H and O–H groups in total. The number of carbonyl (C=O) groups excluding carboxylic acids is 2. The van der Waals surface area contributed by atoms with Crippen molar-refractivity contribution in [2.75, 3.05) is 39.3 Å². The van der Waals surface area contributed by atoms with E-state index >= 15 is 0 Å². The van der Waals surface area contributed by atoms with Gasteiger partial charge in [-0.25, -0.2) is 0 Å². The van der Waals surface area contributed by atoms with Gasteiger partial charge in [0.15, 0.2) is 0 Å². The molecule has 0 aliphatic carbocycles. The molecule has 0 spiro atoms. The molecule has 2 aromatic carbocycles. The average Bonchev–Trinajstić information content (AvgIpc) is 3.35. The van der Waals surface area contributed by atoms with E-state index in [0.717, 1.165) is 77.1 Å². The van der Waals surface area contributed by atoms with Crippen molar-refractivity contribution >= 4 is 35.0 Å². The van der Waals surface area contributed by atoms with E-state index in [-0.39, 0.29) is 24.1 Å². The normalized spacial score (nSPS) is 19.3. The summed E-state index contributed by atoms with van der Waals surface area (Å²) in [5.74, 6) is -0.390. The highest BCUT2D eigenvalue weighted by Crippen LogP contribution is 2.29. The number of piperidine rings is 1. The molecule has 4 rings (SSSR count). The van der Waals surface area contributed by atoms with Crippen molar-refractivity contribution in [2.45, 2.75) is 44.4 Å². The molecule has 6 nitrogen and oxygen atoms in total. The zero-order valence-electron chi connectivity index (χ0n) is 21.6. The lowest BCUT2D eigenvalue weighted by Gasteiger charge is -2.32. The molecule has 2 saturated heterocycles. The summed E-state index contributed by atoms with van der Waals surface area (Å²) < 4.78 is 38.6. The van der Waals surface area contributed by atoms with Crippen LogP contribution in [0, 0.1) is 5.92 Å². The Morgan fingerprint density at radius 2 is 1.69 bits per heavy atom. The summed E-state index contributed by atoms with van der Waals surface area (Å²) in [6, 6.07) is 9.93. The largest absolute Gasteiger partial charge is 0.416 e. The third kappa shape index (κ3) is 8.83. The molecule has 0 bridgehead atoms. The minimum atomic E-state index is -4.54. The van der Waals surface area contributed by atoms with Crippen molar-refractivity contribution in [2.24, 2.45) is 5.92 Å². The van der Waals surface area contributed by atoms with Crippen LogP contribution in [-0.4, -0.2) is 66.9 Å². The van der Waals surface area contributed by atoms with Gasteiger partial charge in [0.05, 0.1) is 22.2 Å². The monoisotopic (exact) mass is 584 g/mol. The molecule has 11 heteroatoms. The fourth-order valence-corrected chi connectivity index (χ4v) is 5.55. The highest BCUT2D eigenvalue weighted by Gasteiger charge is 2.31. The zero-order valence-corrected chi connectivity index (χ0v) is 23.1. The first kappa shape index (κ1) is 29.6. The Morgan fingerprint density at radius 1 is 0.949 bits per heavy atom. The van der Waals surface area contributed by atoms with Crippen molar-refractivity contribution in [3.8, 4) is 0 Å². The van der Waals surface area contributed by atoms with E-state index in [1.165, 1.54) is 17.7 Å². The number of amides is 2. The fourth-order valence-electron chi connectivity index (χ4n) is 5.23. The van der Waals surface area contributed by atoms with Crippen molar-refractivity contribution in [1.29, 1.82) is 0 Å². The smallest absolute Gasteiger partial charge is 0.350 e. The minimum Gasteiger partial charge on any atom is -0.350 e. The SMILES string of the molecule is O=C(CNC(=O)c1cccc(C(F)(F)F)c1)N[C@@H]1CCN(CCC2CCN(Cc3ccc(Cl)c(Cl)c3)CC2)C1. The highest BCUT2D eigenvalue weighted by atomic mass is 35.5. The molecule has 212 valence electrons. The zero-order chi connectivity index (χ0) is 28.0. The highest BCUT2D eigenvalue weighted by molar-refractivity contribution is 6.42. The maximum Gasteiger partial charge on any atom is 0.416 e. The first-order valence-electron chi connectivity index (χ1n) is 13.2. The van der Waals surface area contributed by atoms with Gasteiger partial charge in [-0.05, 0) is 87.1 Å². The second-order valence-electron chi connectivity index (χ2n) is 10.4. The summed E-state index contributed by atoms with van der Waals surface area (Å²) in [5, 5.41) is 6.49. The van der Waals surface area contributed by atoms with Crippen molar-refractivity contribution in [3.05, 3.63) is 69.2 Å². The number of rotatable bonds is 9. The third-order valence-electron chi connectivity index (χ3n) is 7.45. The number of alkyl halides is 3. The van der Waals surface area contributed by atoms with Crippen LogP contribution >= 0.6 is 23.2 Å². The molecule has 1 atom stereocenters. The first-order valence-corrected chi connectivity index (χ1v) is 14.0. The fraction of sp³-hybridized carbons (Fsp3) is 0.500. The van der Waals surface area contributed by atoms with E-state index < -0.39 is 17.6 Å². The molecule has 2 aromatic rings. The molecule has 2 aliphatic heterocycles. The number of likely N-dealkylation sites (tertiary alicyclic amines) is 2. The molecule has 2 fully saturated rings. The quantitative estimate of drug-likeness (QED) is 0.423.